The summed E-state index contributed by atoms with van der Waals surface area (Å²) in [5.41, 5.74) is 4.11. The van der Waals surface area contributed by atoms with Gasteiger partial charge in [-0.15, -0.1) is 0 Å². The average molecular weight is 229 g/mol. The normalized spacial score (nSPS) is 15.5. The molecule has 2 aromatic rings. The van der Waals surface area contributed by atoms with E-state index in [1.54, 1.807) is 0 Å². The molecule has 1 aliphatic heterocycles. The van der Waals surface area contributed by atoms with Gasteiger partial charge in [0, 0.05) is 43.3 Å². The van der Waals surface area contributed by atoms with Crippen LogP contribution in [0, 0.1) is 5.92 Å². The van der Waals surface area contributed by atoms with Crippen LogP contribution in [-0.4, -0.2) is 16.1 Å². The molecule has 0 bridgehead atoms. The monoisotopic (exact) mass is 229 g/mol. The Hall–Kier alpha value is -1.35. The van der Waals surface area contributed by atoms with E-state index in [0.717, 1.165) is 31.7 Å². The Morgan fingerprint density at radius 2 is 2.35 bits per heavy atom. The molecule has 0 aliphatic carbocycles. The summed E-state index contributed by atoms with van der Waals surface area (Å²) >= 11 is 0. The minimum Gasteiger partial charge on any atom is -0.329 e. The van der Waals surface area contributed by atoms with Crippen LogP contribution in [0.3, 0.4) is 0 Å². The fraction of sp³-hybridized carbons (Fsp3) is 0.500. The van der Waals surface area contributed by atoms with Crippen LogP contribution in [0.2, 0.25) is 0 Å². The van der Waals surface area contributed by atoms with Crippen LogP contribution >= 0.6 is 0 Å². The fourth-order valence-corrected chi connectivity index (χ4v) is 2.76. The van der Waals surface area contributed by atoms with Gasteiger partial charge in [0.2, 0.25) is 0 Å². The number of hydrogen-bond acceptors (Lipinski definition) is 2. The van der Waals surface area contributed by atoms with Crippen LogP contribution in [0.25, 0.3) is 11.0 Å². The lowest BCUT2D eigenvalue weighted by atomic mass is 10.1. The third-order valence-corrected chi connectivity index (χ3v) is 3.43. The zero-order valence-corrected chi connectivity index (χ0v) is 10.5. The number of nitrogens with one attached hydrogen (secondary N) is 1. The lowest BCUT2D eigenvalue weighted by molar-refractivity contribution is 0.505. The maximum atomic E-state index is 4.57. The Bertz CT molecular complexity index is 540. The van der Waals surface area contributed by atoms with Crippen molar-refractivity contribution in [2.45, 2.75) is 33.4 Å². The molecule has 90 valence electrons. The summed E-state index contributed by atoms with van der Waals surface area (Å²) in [4.78, 5) is 4.57. The van der Waals surface area contributed by atoms with Crippen molar-refractivity contribution < 1.29 is 0 Å². The van der Waals surface area contributed by atoms with E-state index in [9.17, 15) is 0 Å². The molecule has 0 amide bonds. The second-order valence-electron chi connectivity index (χ2n) is 5.23. The summed E-state index contributed by atoms with van der Waals surface area (Å²) in [7, 11) is 0. The average Bonchev–Trinajstić information content (AvgIpc) is 2.65. The molecule has 3 rings (SSSR count). The third-order valence-electron chi connectivity index (χ3n) is 3.43. The highest BCUT2D eigenvalue weighted by Gasteiger charge is 2.20. The molecule has 3 nitrogen and oxygen atoms in total. The molecule has 0 atom stereocenters. The highest BCUT2D eigenvalue weighted by atomic mass is 15.1. The van der Waals surface area contributed by atoms with Crippen molar-refractivity contribution in [2.75, 3.05) is 6.54 Å². The minimum absolute atomic E-state index is 0.659. The molecule has 0 saturated carbocycles. The highest BCUT2D eigenvalue weighted by Crippen LogP contribution is 2.27. The van der Waals surface area contributed by atoms with Crippen molar-refractivity contribution in [1.82, 2.24) is 14.9 Å². The Labute approximate surface area is 102 Å². The van der Waals surface area contributed by atoms with Crippen molar-refractivity contribution in [1.29, 1.82) is 0 Å². The van der Waals surface area contributed by atoms with E-state index in [1.807, 2.05) is 12.3 Å². The van der Waals surface area contributed by atoms with Crippen LogP contribution in [0.15, 0.2) is 18.3 Å². The first kappa shape index (κ1) is 10.8. The zero-order chi connectivity index (χ0) is 11.8. The van der Waals surface area contributed by atoms with Crippen LogP contribution < -0.4 is 5.32 Å². The molecule has 0 aromatic carbocycles. The van der Waals surface area contributed by atoms with Crippen LogP contribution in [-0.2, 0) is 19.5 Å². The van der Waals surface area contributed by atoms with Crippen LogP contribution in [0.5, 0.6) is 0 Å². The second-order valence-corrected chi connectivity index (χ2v) is 5.23. The number of nitrogens with zero attached hydrogens (tertiary/aromatic N) is 2. The summed E-state index contributed by atoms with van der Waals surface area (Å²) in [6, 6.07) is 4.24. The van der Waals surface area contributed by atoms with Crippen molar-refractivity contribution in [3.05, 3.63) is 29.6 Å². The van der Waals surface area contributed by atoms with Gasteiger partial charge in [0.05, 0.1) is 0 Å². The topological polar surface area (TPSA) is 29.9 Å². The standard InChI is InChI=1S/C14H19N3/c1-10(2)9-17-13-5-7-15-8-12(13)11-4-3-6-16-14(11)17/h3-4,6,10,15H,5,7-9H2,1-2H3. The maximum absolute atomic E-state index is 4.57. The quantitative estimate of drug-likeness (QED) is 0.856. The molecule has 3 heteroatoms. The van der Waals surface area contributed by atoms with Gasteiger partial charge in [-0.1, -0.05) is 13.8 Å². The van der Waals surface area contributed by atoms with Crippen LogP contribution in [0.1, 0.15) is 25.1 Å². The fourth-order valence-electron chi connectivity index (χ4n) is 2.76. The van der Waals surface area contributed by atoms with E-state index >= 15 is 0 Å². The predicted octanol–water partition coefficient (Wildman–Crippen LogP) is 2.34. The Kier molecular flexibility index (Phi) is 2.63. The van der Waals surface area contributed by atoms with Gasteiger partial charge in [-0.25, -0.2) is 4.98 Å². The van der Waals surface area contributed by atoms with Gasteiger partial charge in [0.1, 0.15) is 5.65 Å². The summed E-state index contributed by atoms with van der Waals surface area (Å²) in [6.07, 6.45) is 3.02. The van der Waals surface area contributed by atoms with Gasteiger partial charge in [-0.3, -0.25) is 0 Å². The number of pyridine rings is 1. The van der Waals surface area contributed by atoms with Gasteiger partial charge in [-0.05, 0) is 23.6 Å². The summed E-state index contributed by atoms with van der Waals surface area (Å²) in [5.74, 6) is 0.659. The molecule has 0 spiro atoms. The molecule has 0 fully saturated rings. The van der Waals surface area contributed by atoms with Crippen molar-refractivity contribution >= 4 is 11.0 Å². The lowest BCUT2D eigenvalue weighted by Crippen LogP contribution is -2.25. The van der Waals surface area contributed by atoms with E-state index < -0.39 is 0 Å². The van der Waals surface area contributed by atoms with Crippen molar-refractivity contribution in [3.63, 3.8) is 0 Å². The Morgan fingerprint density at radius 3 is 3.18 bits per heavy atom. The lowest BCUT2D eigenvalue weighted by Gasteiger charge is -2.17. The van der Waals surface area contributed by atoms with E-state index in [0.29, 0.717) is 5.92 Å². The highest BCUT2D eigenvalue weighted by molar-refractivity contribution is 5.82. The minimum atomic E-state index is 0.659. The molecule has 0 radical (unpaired) electrons. The molecule has 0 unspecified atom stereocenters. The summed E-state index contributed by atoms with van der Waals surface area (Å²) in [5, 5.41) is 4.79. The summed E-state index contributed by atoms with van der Waals surface area (Å²) in [6.45, 7) is 7.68. The van der Waals surface area contributed by atoms with Gasteiger partial charge >= 0.3 is 0 Å². The van der Waals surface area contributed by atoms with Gasteiger partial charge in [-0.2, -0.15) is 0 Å². The molecule has 1 aliphatic rings. The third kappa shape index (κ3) is 1.75. The molecular formula is C14H19N3. The molecular weight excluding hydrogens is 210 g/mol. The van der Waals surface area contributed by atoms with Crippen molar-refractivity contribution in [3.8, 4) is 0 Å². The van der Waals surface area contributed by atoms with Gasteiger partial charge in [0.25, 0.3) is 0 Å². The first-order chi connectivity index (χ1) is 8.27. The molecule has 1 N–H and O–H groups in total. The smallest absolute Gasteiger partial charge is 0.140 e. The molecule has 3 heterocycles. The Morgan fingerprint density at radius 1 is 1.47 bits per heavy atom. The number of hydrogen-bond donors (Lipinski definition) is 1. The molecule has 2 aromatic heterocycles. The molecule has 17 heavy (non-hydrogen) atoms. The SMILES string of the molecule is CC(C)Cn1c2c(c3cccnc31)CNCC2. The number of aromatic nitrogens is 2. The number of fused-ring (bicyclic) bond motifs is 3. The van der Waals surface area contributed by atoms with Gasteiger partial charge < -0.3 is 9.88 Å². The van der Waals surface area contributed by atoms with E-state index in [1.165, 1.54) is 16.6 Å². The predicted molar refractivity (Wildman–Crippen MR) is 70.0 cm³/mol. The first-order valence-corrected chi connectivity index (χ1v) is 6.43. The van der Waals surface area contributed by atoms with Gasteiger partial charge in [0.15, 0.2) is 0 Å². The Balaban J connectivity index is 2.23. The summed E-state index contributed by atoms with van der Waals surface area (Å²) < 4.78 is 2.43. The van der Waals surface area contributed by atoms with E-state index in [2.05, 4.69) is 34.8 Å². The van der Waals surface area contributed by atoms with E-state index in [-0.39, 0.29) is 0 Å². The largest absolute Gasteiger partial charge is 0.329 e. The van der Waals surface area contributed by atoms with E-state index in [4.69, 9.17) is 0 Å². The maximum Gasteiger partial charge on any atom is 0.140 e. The van der Waals surface area contributed by atoms with Crippen molar-refractivity contribution in [2.24, 2.45) is 5.92 Å². The zero-order valence-electron chi connectivity index (χ0n) is 10.5. The number of rotatable bonds is 2. The first-order valence-electron chi connectivity index (χ1n) is 6.43. The molecule has 0 saturated heterocycles. The van der Waals surface area contributed by atoms with Crippen LogP contribution in [0.4, 0.5) is 0 Å². The second kappa shape index (κ2) is 4.15.